The van der Waals surface area contributed by atoms with Crippen LogP contribution in [0, 0.1) is 0 Å². The maximum atomic E-state index is 11.4. The topological polar surface area (TPSA) is 111 Å². The van der Waals surface area contributed by atoms with Gasteiger partial charge < -0.3 is 13.9 Å². The van der Waals surface area contributed by atoms with Crippen LogP contribution >= 0.6 is 0 Å². The van der Waals surface area contributed by atoms with E-state index >= 15 is 0 Å². The highest BCUT2D eigenvalue weighted by molar-refractivity contribution is 8.13. The van der Waals surface area contributed by atoms with Crippen molar-refractivity contribution in [2.75, 3.05) is 27.8 Å². The zero-order valence-electron chi connectivity index (χ0n) is 13.9. The molecule has 0 atom stereocenters. The lowest BCUT2D eigenvalue weighted by atomic mass is 10.3. The smallest absolute Gasteiger partial charge is 0.421 e. The Balaban J connectivity index is 0. The SMILES string of the molecule is C=C(C)C(=O)NC[N+](C)(C)C.O=S(=O)([N-]S(=O)(=O)C(F)(F)F)C(F)(F)F. The van der Waals surface area contributed by atoms with E-state index in [1.165, 1.54) is 0 Å². The summed E-state index contributed by atoms with van der Waals surface area (Å²) in [5.74, 6) is -0.0712. The van der Waals surface area contributed by atoms with Crippen molar-refractivity contribution in [2.24, 2.45) is 0 Å². The predicted octanol–water partition coefficient (Wildman–Crippen LogP) is 1.40. The standard InChI is InChI=1S/C8H16N2O.C2F6NO4S2/c1-7(2)8(11)9-6-10(3,4)5;3-1(4,5)14(10,11)9-15(12,13)2(6,7)8/h1,6H2,2-5H3;/q;-1/p+1. The molecule has 16 heteroatoms. The van der Waals surface area contributed by atoms with E-state index in [2.05, 4.69) is 11.9 Å². The maximum absolute atomic E-state index is 11.4. The Labute approximate surface area is 146 Å². The molecule has 0 aromatic rings. The van der Waals surface area contributed by atoms with E-state index in [1.807, 2.05) is 21.1 Å². The first-order valence-electron chi connectivity index (χ1n) is 6.14. The summed E-state index contributed by atoms with van der Waals surface area (Å²) in [6.45, 7) is 5.87. The van der Waals surface area contributed by atoms with Crippen LogP contribution in [-0.4, -0.2) is 66.1 Å². The molecule has 0 aliphatic rings. The van der Waals surface area contributed by atoms with Gasteiger partial charge in [0.1, 0.15) is 0 Å². The molecule has 26 heavy (non-hydrogen) atoms. The van der Waals surface area contributed by atoms with Crippen LogP contribution in [0.1, 0.15) is 6.92 Å². The Bertz CT molecular complexity index is 678. The van der Waals surface area contributed by atoms with Crippen molar-refractivity contribution in [1.82, 2.24) is 5.32 Å². The molecule has 0 spiro atoms. The van der Waals surface area contributed by atoms with Crippen LogP contribution in [0.3, 0.4) is 0 Å². The number of sulfonamides is 2. The van der Waals surface area contributed by atoms with Crippen LogP contribution in [-0.2, 0) is 24.8 Å². The Morgan fingerprint density at radius 3 is 1.46 bits per heavy atom. The molecule has 0 saturated heterocycles. The van der Waals surface area contributed by atoms with Crippen molar-refractivity contribution < 1.29 is 52.5 Å². The van der Waals surface area contributed by atoms with Crippen LogP contribution < -0.4 is 5.32 Å². The molecule has 0 heterocycles. The molecule has 0 aliphatic carbocycles. The summed E-state index contributed by atoms with van der Waals surface area (Å²) in [5.41, 5.74) is -11.9. The number of hydrogen-bond donors (Lipinski definition) is 1. The van der Waals surface area contributed by atoms with Crippen molar-refractivity contribution in [3.63, 3.8) is 0 Å². The maximum Gasteiger partial charge on any atom is 0.480 e. The van der Waals surface area contributed by atoms with Gasteiger partial charge in [-0.2, -0.15) is 26.3 Å². The third-order valence-electron chi connectivity index (χ3n) is 1.88. The summed E-state index contributed by atoms with van der Waals surface area (Å²) < 4.78 is 110. The van der Waals surface area contributed by atoms with Crippen LogP contribution in [0.25, 0.3) is 4.13 Å². The van der Waals surface area contributed by atoms with E-state index in [1.54, 1.807) is 6.92 Å². The number of nitrogens with one attached hydrogen (secondary N) is 1. The average molecular weight is 437 g/mol. The highest BCUT2D eigenvalue weighted by Gasteiger charge is 2.46. The second-order valence-electron chi connectivity index (χ2n) is 5.65. The molecule has 156 valence electrons. The quantitative estimate of drug-likeness (QED) is 0.303. The minimum Gasteiger partial charge on any atom is -0.421 e. The molecule has 0 radical (unpaired) electrons. The summed E-state index contributed by atoms with van der Waals surface area (Å²) in [4.78, 5) is 11.0. The van der Waals surface area contributed by atoms with Crippen molar-refractivity contribution in [3.8, 4) is 0 Å². The number of hydrogen-bond acceptors (Lipinski definition) is 5. The van der Waals surface area contributed by atoms with Gasteiger partial charge in [-0.05, 0) is 6.92 Å². The molecule has 0 unspecified atom stereocenters. The fourth-order valence-electron chi connectivity index (χ4n) is 0.674. The fourth-order valence-corrected chi connectivity index (χ4v) is 2.38. The largest absolute Gasteiger partial charge is 0.480 e. The average Bonchev–Trinajstić information content (AvgIpc) is 2.31. The summed E-state index contributed by atoms with van der Waals surface area (Å²) in [6, 6.07) is 0. The highest BCUT2D eigenvalue weighted by Crippen LogP contribution is 2.36. The summed E-state index contributed by atoms with van der Waals surface area (Å²) >= 11 is 0. The van der Waals surface area contributed by atoms with E-state index in [4.69, 9.17) is 0 Å². The van der Waals surface area contributed by atoms with E-state index < -0.39 is 31.1 Å². The van der Waals surface area contributed by atoms with E-state index in [0.29, 0.717) is 12.2 Å². The second kappa shape index (κ2) is 8.53. The third-order valence-corrected chi connectivity index (χ3v) is 4.62. The van der Waals surface area contributed by atoms with Gasteiger partial charge in [-0.25, -0.2) is 16.8 Å². The second-order valence-corrected chi connectivity index (χ2v) is 9.07. The van der Waals surface area contributed by atoms with Gasteiger partial charge in [-0.3, -0.25) is 4.79 Å². The number of quaternary nitrogens is 1. The number of alkyl halides is 6. The van der Waals surface area contributed by atoms with E-state index in [0.717, 1.165) is 8.61 Å². The van der Waals surface area contributed by atoms with Gasteiger partial charge in [0.15, 0.2) is 26.7 Å². The number of rotatable bonds is 5. The minimum atomic E-state index is -6.72. The molecule has 0 aromatic carbocycles. The Morgan fingerprint density at radius 1 is 0.962 bits per heavy atom. The zero-order chi connectivity index (χ0) is 21.8. The highest BCUT2D eigenvalue weighted by atomic mass is 32.3. The summed E-state index contributed by atoms with van der Waals surface area (Å²) in [6.07, 6.45) is 0. The van der Waals surface area contributed by atoms with Crippen LogP contribution in [0.5, 0.6) is 0 Å². The summed E-state index contributed by atoms with van der Waals surface area (Å²) in [5, 5.41) is 2.76. The predicted molar refractivity (Wildman–Crippen MR) is 79.2 cm³/mol. The molecule has 1 N–H and O–H groups in total. The van der Waals surface area contributed by atoms with Crippen LogP contribution in [0.2, 0.25) is 0 Å². The van der Waals surface area contributed by atoms with Crippen molar-refractivity contribution in [3.05, 3.63) is 16.3 Å². The molecular weight excluding hydrogens is 420 g/mol. The van der Waals surface area contributed by atoms with Gasteiger partial charge in [0.2, 0.25) is 0 Å². The van der Waals surface area contributed by atoms with Crippen LogP contribution in [0.15, 0.2) is 12.2 Å². The normalized spacial score (nSPS) is 13.5. The van der Waals surface area contributed by atoms with Gasteiger partial charge in [-0.1, -0.05) is 6.58 Å². The number of halogens is 6. The lowest BCUT2D eigenvalue weighted by Gasteiger charge is -2.23. The fraction of sp³-hybridized carbons (Fsp3) is 0.700. The lowest BCUT2D eigenvalue weighted by molar-refractivity contribution is -0.872. The first kappa shape index (κ1) is 26.8. The number of nitrogens with zero attached hydrogens (tertiary/aromatic N) is 2. The Kier molecular flexibility index (Phi) is 8.81. The molecule has 0 saturated carbocycles. The van der Waals surface area contributed by atoms with Crippen molar-refractivity contribution >= 4 is 26.0 Å². The van der Waals surface area contributed by atoms with E-state index in [9.17, 15) is 48.0 Å². The molecule has 0 aliphatic heterocycles. The minimum absolute atomic E-state index is 0.0712. The zero-order valence-corrected chi connectivity index (χ0v) is 15.6. The van der Waals surface area contributed by atoms with Gasteiger partial charge in [0.05, 0.1) is 21.1 Å². The molecule has 0 fully saturated rings. The molecule has 8 nitrogen and oxygen atoms in total. The molecular formula is C10H17F6N3O5S2. The van der Waals surface area contributed by atoms with Gasteiger partial charge in [-0.15, -0.1) is 0 Å². The van der Waals surface area contributed by atoms with Crippen molar-refractivity contribution in [2.45, 2.75) is 17.9 Å². The summed E-state index contributed by atoms with van der Waals surface area (Å²) in [7, 11) is -7.41. The molecule has 0 aromatic heterocycles. The lowest BCUT2D eigenvalue weighted by Crippen LogP contribution is -2.45. The van der Waals surface area contributed by atoms with Crippen LogP contribution in [0.4, 0.5) is 26.3 Å². The van der Waals surface area contributed by atoms with Gasteiger partial charge >= 0.3 is 11.0 Å². The van der Waals surface area contributed by atoms with Gasteiger partial charge in [0.25, 0.3) is 5.91 Å². The Hall–Kier alpha value is -1.39. The first-order valence-corrected chi connectivity index (χ1v) is 9.02. The van der Waals surface area contributed by atoms with E-state index in [-0.39, 0.29) is 5.91 Å². The number of carbonyl (C=O) groups is 1. The third kappa shape index (κ3) is 9.93. The number of amides is 1. The first-order chi connectivity index (χ1) is 11.0. The Morgan fingerprint density at radius 2 is 1.27 bits per heavy atom. The van der Waals surface area contributed by atoms with Crippen molar-refractivity contribution in [1.29, 1.82) is 0 Å². The molecule has 0 bridgehead atoms. The van der Waals surface area contributed by atoms with Gasteiger partial charge in [0, 0.05) is 5.57 Å². The molecule has 1 amide bonds. The number of carbonyl (C=O) groups excluding carboxylic acids is 1. The monoisotopic (exact) mass is 437 g/mol. The molecule has 0 rings (SSSR count).